The van der Waals surface area contributed by atoms with Gasteiger partial charge in [-0.1, -0.05) is 12.1 Å². The average Bonchev–Trinajstić information content (AvgIpc) is 3.48. The molecule has 1 aliphatic rings. The van der Waals surface area contributed by atoms with Gasteiger partial charge in [-0.15, -0.1) is 24.0 Å². The monoisotopic (exact) mass is 467 g/mol. The van der Waals surface area contributed by atoms with E-state index in [0.717, 1.165) is 36.3 Å². The van der Waals surface area contributed by atoms with Gasteiger partial charge < -0.3 is 15.4 Å². The lowest BCUT2D eigenvalue weighted by Gasteiger charge is -2.11. The summed E-state index contributed by atoms with van der Waals surface area (Å²) >= 11 is 0. The fraction of sp³-hybridized carbons (Fsp3) is 0.421. The standard InChI is InChI=1S/C19H25N5O.HI/c1-2-20-19(24-13-17-5-3-4-10-21-17)23-12-16-8-9-18(22-11-16)25-14-15-6-7-15;/h3-5,8-11,15H,2,6-7,12-14H2,1H3,(H2,20,23,24);1H. The van der Waals surface area contributed by atoms with Crippen molar-refractivity contribution in [1.82, 2.24) is 20.6 Å². The zero-order valence-electron chi connectivity index (χ0n) is 15.0. The molecular formula is C19H26IN5O. The maximum absolute atomic E-state index is 5.66. The first-order chi connectivity index (χ1) is 12.3. The molecule has 1 fully saturated rings. The van der Waals surface area contributed by atoms with Gasteiger partial charge in [-0.2, -0.15) is 0 Å². The second kappa shape index (κ2) is 10.9. The molecule has 140 valence electrons. The Labute approximate surface area is 171 Å². The summed E-state index contributed by atoms with van der Waals surface area (Å²) in [7, 11) is 0. The highest BCUT2D eigenvalue weighted by molar-refractivity contribution is 14.0. The van der Waals surface area contributed by atoms with E-state index in [2.05, 4.69) is 25.6 Å². The summed E-state index contributed by atoms with van der Waals surface area (Å²) in [6.45, 7) is 4.84. The largest absolute Gasteiger partial charge is 0.477 e. The number of hydrogen-bond acceptors (Lipinski definition) is 4. The van der Waals surface area contributed by atoms with Crippen LogP contribution in [0, 0.1) is 5.92 Å². The number of nitrogens with one attached hydrogen (secondary N) is 2. The number of aromatic nitrogens is 2. The minimum Gasteiger partial charge on any atom is -0.477 e. The number of aliphatic imine (C=N–C) groups is 1. The molecule has 1 aliphatic carbocycles. The molecule has 1 saturated carbocycles. The van der Waals surface area contributed by atoms with Crippen LogP contribution in [0.5, 0.6) is 5.88 Å². The molecule has 7 heteroatoms. The number of guanidine groups is 1. The minimum atomic E-state index is 0. The van der Waals surface area contributed by atoms with Crippen LogP contribution in [0.2, 0.25) is 0 Å². The highest BCUT2D eigenvalue weighted by Gasteiger charge is 2.21. The fourth-order valence-electron chi connectivity index (χ4n) is 2.27. The Bertz CT molecular complexity index is 674. The van der Waals surface area contributed by atoms with Crippen molar-refractivity contribution in [2.24, 2.45) is 10.9 Å². The van der Waals surface area contributed by atoms with Crippen molar-refractivity contribution in [2.75, 3.05) is 13.2 Å². The van der Waals surface area contributed by atoms with E-state index in [0.29, 0.717) is 19.0 Å². The Kier molecular flexibility index (Phi) is 8.60. The molecule has 2 heterocycles. The zero-order valence-corrected chi connectivity index (χ0v) is 17.3. The topological polar surface area (TPSA) is 71.4 Å². The minimum absolute atomic E-state index is 0. The molecule has 0 radical (unpaired) electrons. The molecule has 2 aromatic heterocycles. The van der Waals surface area contributed by atoms with E-state index in [-0.39, 0.29) is 24.0 Å². The van der Waals surface area contributed by atoms with E-state index in [1.165, 1.54) is 12.8 Å². The lowest BCUT2D eigenvalue weighted by Crippen LogP contribution is -2.37. The number of ether oxygens (including phenoxy) is 1. The van der Waals surface area contributed by atoms with Gasteiger partial charge in [0, 0.05) is 25.0 Å². The molecule has 0 atom stereocenters. The molecule has 26 heavy (non-hydrogen) atoms. The van der Waals surface area contributed by atoms with E-state index in [9.17, 15) is 0 Å². The number of halogens is 1. The van der Waals surface area contributed by atoms with Crippen LogP contribution in [-0.4, -0.2) is 29.1 Å². The van der Waals surface area contributed by atoms with Crippen molar-refractivity contribution in [1.29, 1.82) is 0 Å². The third kappa shape index (κ3) is 7.15. The summed E-state index contributed by atoms with van der Waals surface area (Å²) in [5.41, 5.74) is 2.03. The first-order valence-electron chi connectivity index (χ1n) is 8.83. The maximum atomic E-state index is 5.66. The van der Waals surface area contributed by atoms with Gasteiger partial charge in [0.1, 0.15) is 0 Å². The van der Waals surface area contributed by atoms with E-state index in [4.69, 9.17) is 4.74 Å². The van der Waals surface area contributed by atoms with E-state index < -0.39 is 0 Å². The summed E-state index contributed by atoms with van der Waals surface area (Å²) in [6, 6.07) is 9.81. The van der Waals surface area contributed by atoms with Crippen LogP contribution in [0.15, 0.2) is 47.7 Å². The Hall–Kier alpha value is -1.90. The van der Waals surface area contributed by atoms with Crippen LogP contribution >= 0.6 is 24.0 Å². The van der Waals surface area contributed by atoms with Gasteiger partial charge in [-0.05, 0) is 43.4 Å². The highest BCUT2D eigenvalue weighted by atomic mass is 127. The second-order valence-electron chi connectivity index (χ2n) is 6.13. The number of hydrogen-bond donors (Lipinski definition) is 2. The Morgan fingerprint density at radius 1 is 1.19 bits per heavy atom. The second-order valence-corrected chi connectivity index (χ2v) is 6.13. The highest BCUT2D eigenvalue weighted by Crippen LogP contribution is 2.29. The molecule has 2 N–H and O–H groups in total. The molecule has 0 aromatic carbocycles. The first-order valence-corrected chi connectivity index (χ1v) is 8.83. The van der Waals surface area contributed by atoms with Crippen molar-refractivity contribution in [2.45, 2.75) is 32.9 Å². The van der Waals surface area contributed by atoms with Crippen LogP contribution in [0.25, 0.3) is 0 Å². The van der Waals surface area contributed by atoms with E-state index in [1.807, 2.05) is 43.5 Å². The summed E-state index contributed by atoms with van der Waals surface area (Å²) in [6.07, 6.45) is 6.19. The van der Waals surface area contributed by atoms with Crippen LogP contribution in [-0.2, 0) is 13.1 Å². The molecule has 3 rings (SSSR count). The van der Waals surface area contributed by atoms with Gasteiger partial charge in [-0.3, -0.25) is 4.98 Å². The molecular weight excluding hydrogens is 441 g/mol. The van der Waals surface area contributed by atoms with Gasteiger partial charge in [0.25, 0.3) is 0 Å². The van der Waals surface area contributed by atoms with Gasteiger partial charge in [-0.25, -0.2) is 9.98 Å². The SMILES string of the molecule is CCNC(=NCc1ccc(OCC2CC2)nc1)NCc1ccccn1.I. The summed E-state index contributed by atoms with van der Waals surface area (Å²) < 4.78 is 5.66. The van der Waals surface area contributed by atoms with E-state index >= 15 is 0 Å². The van der Waals surface area contributed by atoms with Gasteiger partial charge >= 0.3 is 0 Å². The van der Waals surface area contributed by atoms with Crippen molar-refractivity contribution in [3.63, 3.8) is 0 Å². The predicted octanol–water partition coefficient (Wildman–Crippen LogP) is 3.14. The number of nitrogens with zero attached hydrogens (tertiary/aromatic N) is 3. The van der Waals surface area contributed by atoms with Crippen LogP contribution in [0.3, 0.4) is 0 Å². The molecule has 0 unspecified atom stereocenters. The fourth-order valence-corrected chi connectivity index (χ4v) is 2.27. The third-order valence-corrected chi connectivity index (χ3v) is 3.89. The zero-order chi connectivity index (χ0) is 17.3. The number of pyridine rings is 2. The lowest BCUT2D eigenvalue weighted by molar-refractivity contribution is 0.288. The van der Waals surface area contributed by atoms with Crippen LogP contribution < -0.4 is 15.4 Å². The molecule has 0 bridgehead atoms. The van der Waals surface area contributed by atoms with E-state index in [1.54, 1.807) is 6.20 Å². The average molecular weight is 467 g/mol. The normalized spacial score (nSPS) is 13.7. The molecule has 6 nitrogen and oxygen atoms in total. The van der Waals surface area contributed by atoms with Crippen molar-refractivity contribution in [3.05, 3.63) is 54.0 Å². The predicted molar refractivity (Wildman–Crippen MR) is 114 cm³/mol. The Morgan fingerprint density at radius 2 is 2.08 bits per heavy atom. The van der Waals surface area contributed by atoms with Gasteiger partial charge in [0.05, 0.1) is 25.4 Å². The summed E-state index contributed by atoms with van der Waals surface area (Å²) in [5, 5.41) is 6.53. The van der Waals surface area contributed by atoms with Gasteiger partial charge in [0.15, 0.2) is 5.96 Å². The summed E-state index contributed by atoms with van der Waals surface area (Å²) in [4.78, 5) is 13.3. The van der Waals surface area contributed by atoms with Crippen molar-refractivity contribution < 1.29 is 4.74 Å². The van der Waals surface area contributed by atoms with Gasteiger partial charge in [0.2, 0.25) is 5.88 Å². The maximum Gasteiger partial charge on any atom is 0.213 e. The number of rotatable bonds is 8. The Morgan fingerprint density at radius 3 is 2.73 bits per heavy atom. The molecule has 0 saturated heterocycles. The quantitative estimate of drug-likeness (QED) is 0.355. The molecule has 0 aliphatic heterocycles. The smallest absolute Gasteiger partial charge is 0.213 e. The van der Waals surface area contributed by atoms with Crippen molar-refractivity contribution in [3.8, 4) is 5.88 Å². The lowest BCUT2D eigenvalue weighted by atomic mass is 10.3. The first kappa shape index (κ1) is 20.4. The summed E-state index contributed by atoms with van der Waals surface area (Å²) in [5.74, 6) is 2.20. The van der Waals surface area contributed by atoms with Crippen LogP contribution in [0.1, 0.15) is 31.0 Å². The third-order valence-electron chi connectivity index (χ3n) is 3.89. The molecule has 2 aromatic rings. The molecule has 0 amide bonds. The van der Waals surface area contributed by atoms with Crippen LogP contribution in [0.4, 0.5) is 0 Å². The molecule has 0 spiro atoms. The Balaban J connectivity index is 0.00000243. The van der Waals surface area contributed by atoms with Crippen molar-refractivity contribution >= 4 is 29.9 Å².